The van der Waals surface area contributed by atoms with E-state index in [0.29, 0.717) is 0 Å². The number of ether oxygens (including phenoxy) is 3. The van der Waals surface area contributed by atoms with E-state index < -0.39 is 41.1 Å². The molecule has 0 aromatic carbocycles. The van der Waals surface area contributed by atoms with E-state index in [4.69, 9.17) is 14.2 Å². The van der Waals surface area contributed by atoms with Gasteiger partial charge in [-0.3, -0.25) is 19.1 Å². The number of alkyl halides is 1. The van der Waals surface area contributed by atoms with Gasteiger partial charge in [-0.1, -0.05) is 0 Å². The van der Waals surface area contributed by atoms with Gasteiger partial charge in [0.1, 0.15) is 6.17 Å². The summed E-state index contributed by atoms with van der Waals surface area (Å²) in [7, 11) is 0. The van der Waals surface area contributed by atoms with Gasteiger partial charge in [0, 0.05) is 18.2 Å². The lowest BCUT2D eigenvalue weighted by molar-refractivity contribution is -0.169. The lowest BCUT2D eigenvalue weighted by Gasteiger charge is -2.18. The van der Waals surface area contributed by atoms with Gasteiger partial charge in [0.15, 0.2) is 13.0 Å². The zero-order valence-electron chi connectivity index (χ0n) is 14.7. The first-order chi connectivity index (χ1) is 11.6. The number of halogens is 1. The molecule has 0 amide bonds. The number of nitrogens with one attached hydrogen (secondary N) is 1. The first-order valence-corrected chi connectivity index (χ1v) is 7.96. The largest absolute Gasteiger partial charge is 0.438 e. The number of aromatic nitrogens is 2. The Kier molecular flexibility index (Phi) is 5.79. The van der Waals surface area contributed by atoms with Crippen LogP contribution in [0.5, 0.6) is 0 Å². The van der Waals surface area contributed by atoms with Crippen LogP contribution in [0, 0.1) is 12.3 Å². The molecule has 3 atom stereocenters. The SMILES string of the molecule is Cc1cn([C@@H]2O[C@H](COCOC(=O)C(C)(C)C)C[C@@H]2F)c(=O)[nH]c1=O. The van der Waals surface area contributed by atoms with Crippen molar-refractivity contribution < 1.29 is 23.4 Å². The predicted octanol–water partition coefficient (Wildman–Crippen LogP) is 1.03. The lowest BCUT2D eigenvalue weighted by Crippen LogP contribution is -2.35. The molecule has 0 bridgehead atoms. The number of carbonyl (C=O) groups is 1. The first kappa shape index (κ1) is 19.3. The number of H-pyrrole nitrogens is 1. The normalized spacial score (nSPS) is 23.6. The predicted molar refractivity (Wildman–Crippen MR) is 85.8 cm³/mol. The molecule has 1 aromatic rings. The van der Waals surface area contributed by atoms with Crippen molar-refractivity contribution in [2.75, 3.05) is 13.4 Å². The van der Waals surface area contributed by atoms with Crippen LogP contribution in [0.15, 0.2) is 15.8 Å². The van der Waals surface area contributed by atoms with E-state index >= 15 is 0 Å². The van der Waals surface area contributed by atoms with Crippen molar-refractivity contribution in [3.05, 3.63) is 32.6 Å². The van der Waals surface area contributed by atoms with Crippen LogP contribution in [0.25, 0.3) is 0 Å². The molecular weight excluding hydrogens is 335 g/mol. The third-order valence-electron chi connectivity index (χ3n) is 3.74. The minimum Gasteiger partial charge on any atom is -0.438 e. The van der Waals surface area contributed by atoms with E-state index in [2.05, 4.69) is 4.98 Å². The Balaban J connectivity index is 1.90. The molecule has 25 heavy (non-hydrogen) atoms. The van der Waals surface area contributed by atoms with Crippen LogP contribution in [0.2, 0.25) is 0 Å². The maximum atomic E-state index is 14.2. The number of aromatic amines is 1. The van der Waals surface area contributed by atoms with Crippen molar-refractivity contribution in [3.63, 3.8) is 0 Å². The van der Waals surface area contributed by atoms with Crippen molar-refractivity contribution in [1.29, 1.82) is 0 Å². The summed E-state index contributed by atoms with van der Waals surface area (Å²) in [6.45, 7) is 6.44. The maximum Gasteiger partial charge on any atom is 0.330 e. The maximum absolute atomic E-state index is 14.2. The molecule has 1 N–H and O–H groups in total. The molecule has 1 fully saturated rings. The van der Waals surface area contributed by atoms with Gasteiger partial charge in [0.25, 0.3) is 5.56 Å². The number of esters is 1. The molecule has 2 heterocycles. The van der Waals surface area contributed by atoms with Crippen LogP contribution in [-0.4, -0.2) is 41.2 Å². The van der Waals surface area contributed by atoms with Crippen LogP contribution >= 0.6 is 0 Å². The lowest BCUT2D eigenvalue weighted by atomic mass is 9.98. The second kappa shape index (κ2) is 7.49. The summed E-state index contributed by atoms with van der Waals surface area (Å²) in [6.07, 6.45) is -1.84. The van der Waals surface area contributed by atoms with Crippen LogP contribution in [-0.2, 0) is 19.0 Å². The quantitative estimate of drug-likeness (QED) is 0.479. The van der Waals surface area contributed by atoms with Crippen molar-refractivity contribution in [2.24, 2.45) is 5.41 Å². The van der Waals surface area contributed by atoms with Gasteiger partial charge in [-0.2, -0.15) is 0 Å². The molecule has 1 saturated heterocycles. The molecule has 0 spiro atoms. The molecule has 1 aliphatic rings. The molecule has 8 nitrogen and oxygen atoms in total. The molecule has 140 valence electrons. The highest BCUT2D eigenvalue weighted by atomic mass is 19.1. The van der Waals surface area contributed by atoms with Gasteiger partial charge in [0.2, 0.25) is 0 Å². The summed E-state index contributed by atoms with van der Waals surface area (Å²) in [6, 6.07) is 0. The fourth-order valence-corrected chi connectivity index (χ4v) is 2.32. The Morgan fingerprint density at radius 2 is 2.12 bits per heavy atom. The van der Waals surface area contributed by atoms with Gasteiger partial charge in [-0.05, 0) is 27.7 Å². The molecule has 1 aromatic heterocycles. The minimum atomic E-state index is -1.42. The molecule has 2 rings (SSSR count). The van der Waals surface area contributed by atoms with Crippen molar-refractivity contribution in [3.8, 4) is 0 Å². The van der Waals surface area contributed by atoms with Crippen molar-refractivity contribution >= 4 is 5.97 Å². The molecule has 0 unspecified atom stereocenters. The Morgan fingerprint density at radius 3 is 2.76 bits per heavy atom. The molecule has 1 aliphatic heterocycles. The summed E-state index contributed by atoms with van der Waals surface area (Å²) in [5.74, 6) is -0.406. The van der Waals surface area contributed by atoms with Crippen LogP contribution in [0.3, 0.4) is 0 Å². The van der Waals surface area contributed by atoms with Gasteiger partial charge in [-0.15, -0.1) is 0 Å². The van der Waals surface area contributed by atoms with E-state index in [-0.39, 0.29) is 25.4 Å². The Bertz CT molecular complexity index is 735. The Hall–Kier alpha value is -2.00. The summed E-state index contributed by atoms with van der Waals surface area (Å²) >= 11 is 0. The van der Waals surface area contributed by atoms with E-state index in [9.17, 15) is 18.8 Å². The van der Waals surface area contributed by atoms with Gasteiger partial charge in [-0.25, -0.2) is 9.18 Å². The van der Waals surface area contributed by atoms with Crippen LogP contribution in [0.1, 0.15) is 39.0 Å². The zero-order valence-corrected chi connectivity index (χ0v) is 14.7. The zero-order chi connectivity index (χ0) is 18.8. The molecule has 0 aliphatic carbocycles. The molecule has 9 heteroatoms. The highest BCUT2D eigenvalue weighted by molar-refractivity contribution is 5.75. The third kappa shape index (κ3) is 4.76. The van der Waals surface area contributed by atoms with Gasteiger partial charge in [0.05, 0.1) is 18.1 Å². The van der Waals surface area contributed by atoms with Gasteiger partial charge < -0.3 is 14.2 Å². The van der Waals surface area contributed by atoms with E-state index in [1.54, 1.807) is 20.8 Å². The number of nitrogens with zero attached hydrogens (tertiary/aromatic N) is 1. The topological polar surface area (TPSA) is 99.6 Å². The van der Waals surface area contributed by atoms with Gasteiger partial charge >= 0.3 is 11.7 Å². The number of aryl methyl sites for hydroxylation is 1. The molecule has 0 radical (unpaired) electrons. The summed E-state index contributed by atoms with van der Waals surface area (Å²) < 4.78 is 30.9. The van der Waals surface area contributed by atoms with Crippen molar-refractivity contribution in [1.82, 2.24) is 9.55 Å². The highest BCUT2D eigenvalue weighted by Gasteiger charge is 2.37. The fraction of sp³-hybridized carbons (Fsp3) is 0.688. The van der Waals surface area contributed by atoms with Crippen molar-refractivity contribution in [2.45, 2.75) is 52.6 Å². The number of hydrogen-bond donors (Lipinski definition) is 1. The number of carbonyl (C=O) groups excluding carboxylic acids is 1. The monoisotopic (exact) mass is 358 g/mol. The highest BCUT2D eigenvalue weighted by Crippen LogP contribution is 2.30. The fourth-order valence-electron chi connectivity index (χ4n) is 2.32. The standard InChI is InChI=1S/C16H23FN2O6/c1-9-6-19(15(22)18-12(9)20)13-11(17)5-10(25-13)7-23-8-24-14(21)16(2,3)4/h6,10-11,13H,5,7-8H2,1-4H3,(H,18,20,22)/t10-,11-,13+/m0/s1. The average Bonchev–Trinajstić information content (AvgIpc) is 2.87. The number of hydrogen-bond acceptors (Lipinski definition) is 6. The Labute approximate surface area is 143 Å². The summed E-state index contributed by atoms with van der Waals surface area (Å²) in [4.78, 5) is 36.9. The Morgan fingerprint density at radius 1 is 1.44 bits per heavy atom. The first-order valence-electron chi connectivity index (χ1n) is 7.96. The summed E-state index contributed by atoms with van der Waals surface area (Å²) in [5, 5.41) is 0. The number of rotatable bonds is 5. The summed E-state index contributed by atoms with van der Waals surface area (Å²) in [5.41, 5.74) is -1.60. The average molecular weight is 358 g/mol. The second-order valence-corrected chi connectivity index (χ2v) is 7.05. The third-order valence-corrected chi connectivity index (χ3v) is 3.74. The van der Waals surface area contributed by atoms with E-state index in [1.807, 2.05) is 0 Å². The smallest absolute Gasteiger partial charge is 0.330 e. The van der Waals surface area contributed by atoms with E-state index in [0.717, 1.165) is 4.57 Å². The van der Waals surface area contributed by atoms with Crippen LogP contribution in [0.4, 0.5) is 4.39 Å². The minimum absolute atomic E-state index is 0.0193. The molecule has 0 saturated carbocycles. The van der Waals surface area contributed by atoms with Crippen LogP contribution < -0.4 is 11.2 Å². The molecular formula is C16H23FN2O6. The second-order valence-electron chi connectivity index (χ2n) is 7.05. The van der Waals surface area contributed by atoms with E-state index in [1.165, 1.54) is 13.1 Å².